The van der Waals surface area contributed by atoms with Crippen molar-refractivity contribution in [1.29, 1.82) is 0 Å². The van der Waals surface area contributed by atoms with Crippen LogP contribution < -0.4 is 5.32 Å². The summed E-state index contributed by atoms with van der Waals surface area (Å²) in [6.07, 6.45) is 0.997. The molecule has 76 valence electrons. The molecule has 1 aliphatic rings. The summed E-state index contributed by atoms with van der Waals surface area (Å²) in [5.41, 5.74) is 1.94. The van der Waals surface area contributed by atoms with Crippen LogP contribution in [-0.4, -0.2) is 17.0 Å². The van der Waals surface area contributed by atoms with Crippen molar-refractivity contribution in [1.82, 2.24) is 9.88 Å². The van der Waals surface area contributed by atoms with Gasteiger partial charge in [-0.3, -0.25) is 4.79 Å². The van der Waals surface area contributed by atoms with E-state index >= 15 is 0 Å². The number of aromatic nitrogens is 1. The predicted octanol–water partition coefficient (Wildman–Crippen LogP) is 1.77. The smallest absolute Gasteiger partial charge is 0.267 e. The Labute approximate surface area is 87.7 Å². The van der Waals surface area contributed by atoms with Crippen LogP contribution in [0.15, 0.2) is 30.3 Å². The molecule has 0 spiro atoms. The first-order valence-corrected chi connectivity index (χ1v) is 5.23. The van der Waals surface area contributed by atoms with Gasteiger partial charge < -0.3 is 9.88 Å². The Morgan fingerprint density at radius 1 is 1.27 bits per heavy atom. The highest BCUT2D eigenvalue weighted by atomic mass is 16.1. The first-order valence-electron chi connectivity index (χ1n) is 5.23. The molecule has 2 aromatic rings. The summed E-state index contributed by atoms with van der Waals surface area (Å²) in [6.45, 7) is 1.69. The molecule has 3 rings (SSSR count). The molecule has 0 unspecified atom stereocenters. The third-order valence-corrected chi connectivity index (χ3v) is 2.89. The zero-order chi connectivity index (χ0) is 10.3. The second-order valence-electron chi connectivity index (χ2n) is 3.85. The zero-order valence-electron chi connectivity index (χ0n) is 8.36. The first kappa shape index (κ1) is 8.53. The van der Waals surface area contributed by atoms with Crippen LogP contribution in [0, 0.1) is 0 Å². The number of hydrogen-bond donors (Lipinski definition) is 1. The Morgan fingerprint density at radius 2 is 2.13 bits per heavy atom. The van der Waals surface area contributed by atoms with Crippen LogP contribution in [0.4, 0.5) is 0 Å². The lowest BCUT2D eigenvalue weighted by Crippen LogP contribution is -2.22. The molecule has 0 saturated carbocycles. The van der Waals surface area contributed by atoms with Gasteiger partial charge >= 0.3 is 0 Å². The minimum atomic E-state index is 0.0451. The van der Waals surface area contributed by atoms with Gasteiger partial charge in [0.2, 0.25) is 0 Å². The Morgan fingerprint density at radius 3 is 3.07 bits per heavy atom. The minimum Gasteiger partial charge on any atom is -0.351 e. The van der Waals surface area contributed by atoms with Gasteiger partial charge in [-0.2, -0.15) is 0 Å². The number of benzene rings is 1. The SMILES string of the molecule is O=C1NCCCn2c1cc1ccccc12. The number of fused-ring (bicyclic) bond motifs is 3. The number of carbonyl (C=O) groups is 1. The van der Waals surface area contributed by atoms with Gasteiger partial charge in [0.1, 0.15) is 5.69 Å². The van der Waals surface area contributed by atoms with Crippen molar-refractivity contribution in [2.45, 2.75) is 13.0 Å². The quantitative estimate of drug-likeness (QED) is 0.691. The fourth-order valence-electron chi connectivity index (χ4n) is 2.17. The van der Waals surface area contributed by atoms with E-state index in [9.17, 15) is 4.79 Å². The van der Waals surface area contributed by atoms with Crippen molar-refractivity contribution in [3.05, 3.63) is 36.0 Å². The van der Waals surface area contributed by atoms with Crippen LogP contribution in [0.2, 0.25) is 0 Å². The number of aryl methyl sites for hydroxylation is 1. The minimum absolute atomic E-state index is 0.0451. The first-order chi connectivity index (χ1) is 7.36. The number of para-hydroxylation sites is 1. The van der Waals surface area contributed by atoms with E-state index in [1.807, 2.05) is 24.3 Å². The maximum atomic E-state index is 11.7. The molecular formula is C12H12N2O. The molecule has 1 N–H and O–H groups in total. The van der Waals surface area contributed by atoms with Gasteiger partial charge in [0.15, 0.2) is 0 Å². The van der Waals surface area contributed by atoms with Gasteiger partial charge in [-0.1, -0.05) is 18.2 Å². The summed E-state index contributed by atoms with van der Waals surface area (Å²) in [4.78, 5) is 11.7. The molecule has 1 amide bonds. The van der Waals surface area contributed by atoms with E-state index in [0.29, 0.717) is 0 Å². The summed E-state index contributed by atoms with van der Waals surface area (Å²) >= 11 is 0. The Bertz CT molecular complexity index is 527. The van der Waals surface area contributed by atoms with Crippen LogP contribution in [0.25, 0.3) is 10.9 Å². The average Bonchev–Trinajstić information content (AvgIpc) is 2.54. The lowest BCUT2D eigenvalue weighted by molar-refractivity contribution is 0.0951. The van der Waals surface area contributed by atoms with Gasteiger partial charge in [0.25, 0.3) is 5.91 Å². The molecule has 15 heavy (non-hydrogen) atoms. The second-order valence-corrected chi connectivity index (χ2v) is 3.85. The molecule has 1 aromatic heterocycles. The van der Waals surface area contributed by atoms with Crippen LogP contribution in [-0.2, 0) is 6.54 Å². The molecule has 0 bridgehead atoms. The lowest BCUT2D eigenvalue weighted by Gasteiger charge is -2.03. The molecule has 3 heteroatoms. The summed E-state index contributed by atoms with van der Waals surface area (Å²) in [5.74, 6) is 0.0451. The van der Waals surface area contributed by atoms with E-state index in [0.717, 1.165) is 36.1 Å². The van der Waals surface area contributed by atoms with Gasteiger partial charge in [0, 0.05) is 24.0 Å². The van der Waals surface area contributed by atoms with Crippen molar-refractivity contribution < 1.29 is 4.79 Å². The summed E-state index contributed by atoms with van der Waals surface area (Å²) in [6, 6.07) is 10.1. The molecular weight excluding hydrogens is 188 g/mol. The molecule has 1 aliphatic heterocycles. The van der Waals surface area contributed by atoms with E-state index in [1.165, 1.54) is 0 Å². The highest BCUT2D eigenvalue weighted by Crippen LogP contribution is 2.21. The maximum Gasteiger partial charge on any atom is 0.267 e. The molecule has 0 atom stereocenters. The normalized spacial score (nSPS) is 15.9. The van der Waals surface area contributed by atoms with E-state index in [4.69, 9.17) is 0 Å². The molecule has 0 radical (unpaired) electrons. The predicted molar refractivity (Wildman–Crippen MR) is 58.9 cm³/mol. The van der Waals surface area contributed by atoms with Gasteiger partial charge in [0.05, 0.1) is 0 Å². The molecule has 2 heterocycles. The fraction of sp³-hybridized carbons (Fsp3) is 0.250. The number of nitrogens with one attached hydrogen (secondary N) is 1. The van der Waals surface area contributed by atoms with Crippen LogP contribution in [0.1, 0.15) is 16.9 Å². The van der Waals surface area contributed by atoms with Crippen LogP contribution in [0.5, 0.6) is 0 Å². The van der Waals surface area contributed by atoms with E-state index in [-0.39, 0.29) is 5.91 Å². The summed E-state index contributed by atoms with van der Waals surface area (Å²) < 4.78 is 2.11. The van der Waals surface area contributed by atoms with E-state index < -0.39 is 0 Å². The zero-order valence-corrected chi connectivity index (χ0v) is 8.36. The second kappa shape index (κ2) is 3.12. The molecule has 1 aromatic carbocycles. The average molecular weight is 200 g/mol. The van der Waals surface area contributed by atoms with E-state index in [2.05, 4.69) is 16.0 Å². The number of hydrogen-bond acceptors (Lipinski definition) is 1. The van der Waals surface area contributed by atoms with Crippen molar-refractivity contribution >= 4 is 16.8 Å². The Balaban J connectivity index is 2.30. The van der Waals surface area contributed by atoms with Crippen LogP contribution in [0.3, 0.4) is 0 Å². The number of nitrogens with zero attached hydrogens (tertiary/aromatic N) is 1. The van der Waals surface area contributed by atoms with Crippen molar-refractivity contribution in [3.63, 3.8) is 0 Å². The van der Waals surface area contributed by atoms with Gasteiger partial charge in [-0.15, -0.1) is 0 Å². The van der Waals surface area contributed by atoms with Crippen molar-refractivity contribution in [3.8, 4) is 0 Å². The standard InChI is InChI=1S/C12H12N2O/c15-12-11-8-9-4-1-2-5-10(9)14(11)7-3-6-13-12/h1-2,4-5,8H,3,6-7H2,(H,13,15). The lowest BCUT2D eigenvalue weighted by atomic mass is 10.2. The summed E-state index contributed by atoms with van der Waals surface area (Å²) in [7, 11) is 0. The topological polar surface area (TPSA) is 34.0 Å². The molecule has 0 saturated heterocycles. The maximum absolute atomic E-state index is 11.7. The highest BCUT2D eigenvalue weighted by molar-refractivity contribution is 5.98. The highest BCUT2D eigenvalue weighted by Gasteiger charge is 2.17. The third kappa shape index (κ3) is 1.23. The summed E-state index contributed by atoms with van der Waals surface area (Å²) in [5, 5.41) is 4.04. The number of rotatable bonds is 0. The molecule has 0 fully saturated rings. The Hall–Kier alpha value is -1.77. The van der Waals surface area contributed by atoms with Crippen LogP contribution >= 0.6 is 0 Å². The van der Waals surface area contributed by atoms with E-state index in [1.54, 1.807) is 0 Å². The molecule has 0 aliphatic carbocycles. The number of amides is 1. The van der Waals surface area contributed by atoms with Crippen molar-refractivity contribution in [2.75, 3.05) is 6.54 Å². The Kier molecular flexibility index (Phi) is 1.78. The fourth-order valence-corrected chi connectivity index (χ4v) is 2.17. The van der Waals surface area contributed by atoms with Crippen molar-refractivity contribution in [2.24, 2.45) is 0 Å². The largest absolute Gasteiger partial charge is 0.351 e. The number of carbonyl (C=O) groups excluding carboxylic acids is 1. The molecule has 3 nitrogen and oxygen atoms in total. The monoisotopic (exact) mass is 200 g/mol. The van der Waals surface area contributed by atoms with Gasteiger partial charge in [-0.05, 0) is 18.6 Å². The van der Waals surface area contributed by atoms with Gasteiger partial charge in [-0.25, -0.2) is 0 Å². The third-order valence-electron chi connectivity index (χ3n) is 2.89.